The maximum atomic E-state index is 6.26. The Morgan fingerprint density at radius 3 is 2.92 bits per heavy atom. The number of hydrazone groups is 1. The third-order valence-corrected chi connectivity index (χ3v) is 5.13. The summed E-state index contributed by atoms with van der Waals surface area (Å²) in [6.07, 6.45) is 0.998. The number of methoxy groups -OCH3 is 1. The van der Waals surface area contributed by atoms with Gasteiger partial charge >= 0.3 is 0 Å². The van der Waals surface area contributed by atoms with Crippen LogP contribution in [0.3, 0.4) is 0 Å². The van der Waals surface area contributed by atoms with Gasteiger partial charge in [0.05, 0.1) is 13.2 Å². The van der Waals surface area contributed by atoms with Crippen molar-refractivity contribution in [1.29, 1.82) is 0 Å². The number of para-hydroxylation sites is 1. The monoisotopic (exact) mass is 351 g/mol. The van der Waals surface area contributed by atoms with Crippen molar-refractivity contribution in [1.82, 2.24) is 10.7 Å². The van der Waals surface area contributed by atoms with Gasteiger partial charge in [-0.1, -0.05) is 42.0 Å². The van der Waals surface area contributed by atoms with E-state index in [0.29, 0.717) is 12.5 Å². The van der Waals surface area contributed by atoms with Gasteiger partial charge in [-0.2, -0.15) is 5.10 Å². The van der Waals surface area contributed by atoms with Crippen molar-refractivity contribution < 1.29 is 9.47 Å². The van der Waals surface area contributed by atoms with Gasteiger partial charge in [0.25, 0.3) is 0 Å². The van der Waals surface area contributed by atoms with Crippen molar-refractivity contribution in [2.45, 2.75) is 26.0 Å². The molecule has 2 heterocycles. The van der Waals surface area contributed by atoms with Crippen LogP contribution in [0.25, 0.3) is 0 Å². The lowest BCUT2D eigenvalue weighted by Gasteiger charge is -2.27. The number of aryl methyl sites for hydroxylation is 1. The van der Waals surface area contributed by atoms with Crippen molar-refractivity contribution >= 4 is 5.71 Å². The van der Waals surface area contributed by atoms with Crippen LogP contribution in [0.2, 0.25) is 0 Å². The molecule has 2 aliphatic heterocycles. The standard InChI is InChI=1S/C21H25N3O2/c1-14-5-3-6-15(11-14)13-26-21-16(7-4-8-19(21)25-2)20-17-12-22-10-9-18(17)23-24-20/h3-8,11,17,20,22,24H,9-10,12-13H2,1-2H3. The maximum Gasteiger partial charge on any atom is 0.167 e. The molecule has 4 rings (SSSR count). The Kier molecular flexibility index (Phi) is 4.80. The van der Waals surface area contributed by atoms with E-state index in [4.69, 9.17) is 9.47 Å². The van der Waals surface area contributed by atoms with Gasteiger partial charge < -0.3 is 20.2 Å². The summed E-state index contributed by atoms with van der Waals surface area (Å²) in [5, 5.41) is 8.05. The molecule has 136 valence electrons. The highest BCUT2D eigenvalue weighted by molar-refractivity contribution is 5.90. The Morgan fingerprint density at radius 2 is 2.08 bits per heavy atom. The Labute approximate surface area is 154 Å². The second kappa shape index (κ2) is 7.38. The molecule has 1 saturated heterocycles. The van der Waals surface area contributed by atoms with Crippen LogP contribution in [0.1, 0.15) is 29.2 Å². The van der Waals surface area contributed by atoms with E-state index in [9.17, 15) is 0 Å². The Morgan fingerprint density at radius 1 is 1.19 bits per heavy atom. The second-order valence-electron chi connectivity index (χ2n) is 6.93. The molecule has 0 aliphatic carbocycles. The normalized spacial score (nSPS) is 21.5. The first-order valence-electron chi connectivity index (χ1n) is 9.14. The van der Waals surface area contributed by atoms with E-state index in [0.717, 1.165) is 42.1 Å². The van der Waals surface area contributed by atoms with E-state index < -0.39 is 0 Å². The number of ether oxygens (including phenoxy) is 2. The topological polar surface area (TPSA) is 54.9 Å². The van der Waals surface area contributed by atoms with E-state index in [1.807, 2.05) is 12.1 Å². The maximum absolute atomic E-state index is 6.26. The van der Waals surface area contributed by atoms with Crippen LogP contribution >= 0.6 is 0 Å². The largest absolute Gasteiger partial charge is 0.493 e. The van der Waals surface area contributed by atoms with E-state index in [2.05, 4.69) is 53.1 Å². The van der Waals surface area contributed by atoms with Gasteiger partial charge in [0.1, 0.15) is 6.61 Å². The summed E-state index contributed by atoms with van der Waals surface area (Å²) in [5.74, 6) is 1.92. The first-order valence-corrected chi connectivity index (χ1v) is 9.14. The van der Waals surface area contributed by atoms with Gasteiger partial charge in [0.15, 0.2) is 11.5 Å². The van der Waals surface area contributed by atoms with Crippen LogP contribution in [0.15, 0.2) is 47.6 Å². The van der Waals surface area contributed by atoms with Gasteiger partial charge in [-0.3, -0.25) is 0 Å². The molecule has 5 nitrogen and oxygen atoms in total. The lowest BCUT2D eigenvalue weighted by atomic mass is 9.87. The van der Waals surface area contributed by atoms with Crippen molar-refractivity contribution in [2.75, 3.05) is 20.2 Å². The van der Waals surface area contributed by atoms with Gasteiger partial charge in [-0.25, -0.2) is 0 Å². The minimum absolute atomic E-state index is 0.111. The molecule has 2 N–H and O–H groups in total. The highest BCUT2D eigenvalue weighted by Gasteiger charge is 2.36. The van der Waals surface area contributed by atoms with Crippen molar-refractivity contribution in [3.8, 4) is 11.5 Å². The number of nitrogens with zero attached hydrogens (tertiary/aromatic N) is 1. The SMILES string of the molecule is COc1cccc(C2NN=C3CCNCC32)c1OCc1cccc(C)c1. The van der Waals surface area contributed by atoms with E-state index in [1.54, 1.807) is 7.11 Å². The fourth-order valence-electron chi connectivity index (χ4n) is 3.81. The average molecular weight is 351 g/mol. The summed E-state index contributed by atoms with van der Waals surface area (Å²) in [6.45, 7) is 4.54. The molecule has 2 aliphatic rings. The fraction of sp³-hybridized carbons (Fsp3) is 0.381. The molecule has 2 aromatic carbocycles. The lowest BCUT2D eigenvalue weighted by Crippen LogP contribution is -2.38. The Balaban J connectivity index is 1.61. The molecule has 26 heavy (non-hydrogen) atoms. The molecule has 2 atom stereocenters. The summed E-state index contributed by atoms with van der Waals surface area (Å²) in [5.41, 5.74) is 8.06. The number of benzene rings is 2. The summed E-state index contributed by atoms with van der Waals surface area (Å²) < 4.78 is 11.8. The Bertz CT molecular complexity index is 819. The van der Waals surface area contributed by atoms with Crippen LogP contribution in [0.4, 0.5) is 0 Å². The number of fused-ring (bicyclic) bond motifs is 1. The van der Waals surface area contributed by atoms with Crippen molar-refractivity contribution in [3.63, 3.8) is 0 Å². The molecule has 0 aromatic heterocycles. The minimum atomic E-state index is 0.111. The molecular formula is C21H25N3O2. The van der Waals surface area contributed by atoms with E-state index in [1.165, 1.54) is 11.3 Å². The molecule has 5 heteroatoms. The molecule has 0 saturated carbocycles. The molecule has 2 aromatic rings. The van der Waals surface area contributed by atoms with Gasteiger partial charge in [0.2, 0.25) is 0 Å². The predicted molar refractivity (Wildman–Crippen MR) is 103 cm³/mol. The van der Waals surface area contributed by atoms with Crippen LogP contribution in [0, 0.1) is 12.8 Å². The molecule has 1 fully saturated rings. The third-order valence-electron chi connectivity index (χ3n) is 5.13. The zero-order valence-corrected chi connectivity index (χ0v) is 15.3. The highest BCUT2D eigenvalue weighted by atomic mass is 16.5. The Hall–Kier alpha value is -2.53. The number of hydrogen-bond acceptors (Lipinski definition) is 5. The lowest BCUT2D eigenvalue weighted by molar-refractivity contribution is 0.276. The first-order chi connectivity index (χ1) is 12.8. The quantitative estimate of drug-likeness (QED) is 0.869. The molecule has 2 unspecified atom stereocenters. The fourth-order valence-corrected chi connectivity index (χ4v) is 3.81. The van der Waals surface area contributed by atoms with Crippen molar-refractivity contribution in [3.05, 3.63) is 59.2 Å². The average Bonchev–Trinajstić information content (AvgIpc) is 3.10. The molecule has 0 amide bonds. The minimum Gasteiger partial charge on any atom is -0.493 e. The molecule has 0 bridgehead atoms. The second-order valence-corrected chi connectivity index (χ2v) is 6.93. The molecule has 0 spiro atoms. The number of piperidine rings is 1. The van der Waals surface area contributed by atoms with Crippen LogP contribution in [-0.4, -0.2) is 25.9 Å². The van der Waals surface area contributed by atoms with Crippen LogP contribution in [0.5, 0.6) is 11.5 Å². The summed E-state index contributed by atoms with van der Waals surface area (Å²) >= 11 is 0. The number of hydrogen-bond donors (Lipinski definition) is 2. The third kappa shape index (κ3) is 3.27. The van der Waals surface area contributed by atoms with Gasteiger partial charge in [-0.05, 0) is 18.6 Å². The van der Waals surface area contributed by atoms with Crippen molar-refractivity contribution in [2.24, 2.45) is 11.0 Å². The first kappa shape index (κ1) is 16.9. The zero-order valence-electron chi connectivity index (χ0n) is 15.3. The summed E-state index contributed by atoms with van der Waals surface area (Å²) in [7, 11) is 1.69. The number of rotatable bonds is 5. The molecular weight excluding hydrogens is 326 g/mol. The van der Waals surface area contributed by atoms with Gasteiger partial charge in [-0.15, -0.1) is 0 Å². The summed E-state index contributed by atoms with van der Waals surface area (Å²) in [6, 6.07) is 14.6. The van der Waals surface area contributed by atoms with E-state index >= 15 is 0 Å². The summed E-state index contributed by atoms with van der Waals surface area (Å²) in [4.78, 5) is 0. The highest BCUT2D eigenvalue weighted by Crippen LogP contribution is 2.40. The van der Waals surface area contributed by atoms with Gasteiger partial charge in [0, 0.05) is 36.7 Å². The predicted octanol–water partition coefficient (Wildman–Crippen LogP) is 3.19. The smallest absolute Gasteiger partial charge is 0.167 e. The zero-order chi connectivity index (χ0) is 17.9. The van der Waals surface area contributed by atoms with Crippen LogP contribution in [-0.2, 0) is 6.61 Å². The van der Waals surface area contributed by atoms with Crippen LogP contribution < -0.4 is 20.2 Å². The molecule has 0 radical (unpaired) electrons. The van der Waals surface area contributed by atoms with E-state index in [-0.39, 0.29) is 6.04 Å². The number of nitrogens with one attached hydrogen (secondary N) is 2.